The molecule has 0 aliphatic rings. The lowest BCUT2D eigenvalue weighted by molar-refractivity contribution is 0.713. The molecule has 190 valence electrons. The van der Waals surface area contributed by atoms with Gasteiger partial charge in [-0.1, -0.05) is 135 Å². The Balaban J connectivity index is 3.08. The summed E-state index contributed by atoms with van der Waals surface area (Å²) in [6, 6.07) is 12.3. The monoisotopic (exact) mass is 480 g/mol. The maximum Gasteiger partial charge on any atom is -0.00981 e. The molecule has 0 radical (unpaired) electrons. The molecule has 0 aliphatic heterocycles. The highest BCUT2D eigenvalue weighted by atomic mass is 31.1. The SMILES string of the molecule is CCCCc1cccc(-c2c(C(C)C)cc(C(C)C)cc2C(C)C)c1P(C(C)(C)C)C(C)(C)C. The van der Waals surface area contributed by atoms with Crippen molar-refractivity contribution in [1.29, 1.82) is 0 Å². The molecule has 0 amide bonds. The molecule has 0 bridgehead atoms. The van der Waals surface area contributed by atoms with Gasteiger partial charge in [0, 0.05) is 0 Å². The van der Waals surface area contributed by atoms with Gasteiger partial charge in [0.2, 0.25) is 0 Å². The summed E-state index contributed by atoms with van der Waals surface area (Å²) in [6.45, 7) is 31.3. The molecule has 1 heteroatoms. The van der Waals surface area contributed by atoms with Crippen molar-refractivity contribution in [3.8, 4) is 11.1 Å². The van der Waals surface area contributed by atoms with E-state index in [9.17, 15) is 0 Å². The van der Waals surface area contributed by atoms with E-state index in [1.54, 1.807) is 10.9 Å². The van der Waals surface area contributed by atoms with Crippen molar-refractivity contribution in [2.24, 2.45) is 0 Å². The van der Waals surface area contributed by atoms with Crippen LogP contribution in [-0.2, 0) is 6.42 Å². The number of aryl methyl sites for hydroxylation is 1. The van der Waals surface area contributed by atoms with Gasteiger partial charge in [-0.3, -0.25) is 0 Å². The van der Waals surface area contributed by atoms with Gasteiger partial charge in [-0.2, -0.15) is 0 Å². The topological polar surface area (TPSA) is 0 Å². The van der Waals surface area contributed by atoms with E-state index in [1.807, 2.05) is 0 Å². The molecule has 0 N–H and O–H groups in total. The zero-order chi connectivity index (χ0) is 26.0. The summed E-state index contributed by atoms with van der Waals surface area (Å²) >= 11 is 0. The minimum absolute atomic E-state index is 0.235. The first-order valence-corrected chi connectivity index (χ1v) is 15.1. The maximum atomic E-state index is 2.52. The fraction of sp³-hybridized carbons (Fsp3) is 0.636. The van der Waals surface area contributed by atoms with E-state index in [-0.39, 0.29) is 10.3 Å². The van der Waals surface area contributed by atoms with Gasteiger partial charge in [0.05, 0.1) is 0 Å². The molecule has 0 saturated heterocycles. The van der Waals surface area contributed by atoms with Gasteiger partial charge in [0.15, 0.2) is 0 Å². The zero-order valence-electron chi connectivity index (χ0n) is 24.7. The lowest BCUT2D eigenvalue weighted by Gasteiger charge is -2.44. The van der Waals surface area contributed by atoms with Crippen molar-refractivity contribution in [2.45, 2.75) is 137 Å². The first-order valence-electron chi connectivity index (χ1n) is 13.7. The van der Waals surface area contributed by atoms with Gasteiger partial charge in [0.1, 0.15) is 0 Å². The van der Waals surface area contributed by atoms with Crippen molar-refractivity contribution in [3.63, 3.8) is 0 Å². The van der Waals surface area contributed by atoms with Crippen molar-refractivity contribution >= 4 is 13.2 Å². The molecular formula is C33H53P. The summed E-state index contributed by atoms with van der Waals surface area (Å²) in [4.78, 5) is 0. The Labute approximate surface area is 214 Å². The Morgan fingerprint density at radius 1 is 0.735 bits per heavy atom. The second kappa shape index (κ2) is 11.3. The van der Waals surface area contributed by atoms with Gasteiger partial charge in [-0.15, -0.1) is 0 Å². The van der Waals surface area contributed by atoms with Crippen LogP contribution in [0.15, 0.2) is 30.3 Å². The number of benzene rings is 2. The Hall–Kier alpha value is -1.13. The normalized spacial score (nSPS) is 13.1. The van der Waals surface area contributed by atoms with Crippen molar-refractivity contribution in [3.05, 3.63) is 52.6 Å². The molecule has 0 atom stereocenters. The summed E-state index contributed by atoms with van der Waals surface area (Å²) in [5.41, 5.74) is 9.18. The van der Waals surface area contributed by atoms with Crippen molar-refractivity contribution in [1.82, 2.24) is 0 Å². The van der Waals surface area contributed by atoms with E-state index >= 15 is 0 Å². The third-order valence-corrected chi connectivity index (χ3v) is 10.5. The predicted molar refractivity (Wildman–Crippen MR) is 159 cm³/mol. The quantitative estimate of drug-likeness (QED) is 0.330. The average molecular weight is 481 g/mol. The van der Waals surface area contributed by atoms with Crippen LogP contribution < -0.4 is 5.30 Å². The molecule has 34 heavy (non-hydrogen) atoms. The van der Waals surface area contributed by atoms with Gasteiger partial charge < -0.3 is 0 Å². The largest absolute Gasteiger partial charge is 0.0654 e. The van der Waals surface area contributed by atoms with Gasteiger partial charge in [0.25, 0.3) is 0 Å². The lowest BCUT2D eigenvalue weighted by Crippen LogP contribution is -2.33. The third-order valence-electron chi connectivity index (χ3n) is 6.89. The molecule has 2 rings (SSSR count). The minimum atomic E-state index is -0.403. The summed E-state index contributed by atoms with van der Waals surface area (Å²) in [5.74, 6) is 1.53. The standard InChI is InChI=1S/C33H53P/c1-14-15-17-25-18-16-19-27(31(25)34(32(8,9)10)33(11,12)13)30-28(23(4)5)20-26(22(2)3)21-29(30)24(6)7/h16,18-24H,14-15,17H2,1-13H3. The second-order valence-electron chi connectivity index (χ2n) is 13.1. The van der Waals surface area contributed by atoms with Gasteiger partial charge in [-0.05, 0) is 79.6 Å². The lowest BCUT2D eigenvalue weighted by atomic mass is 9.81. The van der Waals surface area contributed by atoms with Crippen LogP contribution >= 0.6 is 7.92 Å². The van der Waals surface area contributed by atoms with E-state index in [0.717, 1.165) is 0 Å². The molecule has 0 fully saturated rings. The van der Waals surface area contributed by atoms with E-state index in [0.29, 0.717) is 17.8 Å². The Bertz CT molecular complexity index is 904. The average Bonchev–Trinajstić information content (AvgIpc) is 2.69. The van der Waals surface area contributed by atoms with Gasteiger partial charge >= 0.3 is 0 Å². The van der Waals surface area contributed by atoms with Crippen LogP contribution in [0.3, 0.4) is 0 Å². The van der Waals surface area contributed by atoms with Crippen LogP contribution in [0.4, 0.5) is 0 Å². The molecule has 0 saturated carbocycles. The smallest absolute Gasteiger partial charge is 0.00981 e. The molecular weight excluding hydrogens is 427 g/mol. The molecule has 0 aliphatic carbocycles. The fourth-order valence-electron chi connectivity index (χ4n) is 5.57. The highest BCUT2D eigenvalue weighted by molar-refractivity contribution is 7.69. The van der Waals surface area contributed by atoms with E-state index < -0.39 is 7.92 Å². The van der Waals surface area contributed by atoms with Crippen LogP contribution in [0.2, 0.25) is 0 Å². The Morgan fingerprint density at radius 2 is 1.24 bits per heavy atom. The first-order chi connectivity index (χ1) is 15.6. The van der Waals surface area contributed by atoms with Gasteiger partial charge in [-0.25, -0.2) is 0 Å². The number of unbranched alkanes of at least 4 members (excludes halogenated alkanes) is 1. The second-order valence-corrected chi connectivity index (χ2v) is 16.9. The summed E-state index contributed by atoms with van der Waals surface area (Å²) in [7, 11) is -0.403. The summed E-state index contributed by atoms with van der Waals surface area (Å²) in [6.07, 6.45) is 3.68. The first kappa shape index (κ1) is 29.1. The highest BCUT2D eigenvalue weighted by Crippen LogP contribution is 2.60. The molecule has 2 aromatic carbocycles. The minimum Gasteiger partial charge on any atom is -0.0654 e. The molecule has 2 aromatic rings. The maximum absolute atomic E-state index is 2.52. The van der Waals surface area contributed by atoms with Crippen LogP contribution in [0, 0.1) is 0 Å². The fourth-order valence-corrected chi connectivity index (χ4v) is 9.82. The van der Waals surface area contributed by atoms with Crippen molar-refractivity contribution in [2.75, 3.05) is 0 Å². The predicted octanol–water partition coefficient (Wildman–Crippen LogP) is 10.8. The van der Waals surface area contributed by atoms with E-state index in [2.05, 4.69) is 120 Å². The Kier molecular flexibility index (Phi) is 9.66. The molecule has 0 spiro atoms. The van der Waals surface area contributed by atoms with E-state index in [4.69, 9.17) is 0 Å². The summed E-state index contributed by atoms with van der Waals surface area (Å²) < 4.78 is 0. The Morgan fingerprint density at radius 3 is 1.62 bits per heavy atom. The molecule has 0 unspecified atom stereocenters. The van der Waals surface area contributed by atoms with Crippen LogP contribution in [0.25, 0.3) is 11.1 Å². The van der Waals surface area contributed by atoms with Crippen molar-refractivity contribution < 1.29 is 0 Å². The third kappa shape index (κ3) is 6.55. The molecule has 0 aromatic heterocycles. The molecule has 0 nitrogen and oxygen atoms in total. The number of hydrogen-bond acceptors (Lipinski definition) is 0. The van der Waals surface area contributed by atoms with Crippen LogP contribution in [-0.4, -0.2) is 10.3 Å². The zero-order valence-corrected chi connectivity index (χ0v) is 25.6. The number of rotatable bonds is 8. The molecule has 0 heterocycles. The van der Waals surface area contributed by atoms with E-state index in [1.165, 1.54) is 47.1 Å². The van der Waals surface area contributed by atoms with Crippen LogP contribution in [0.1, 0.15) is 143 Å². The van der Waals surface area contributed by atoms with Crippen LogP contribution in [0.5, 0.6) is 0 Å². The number of hydrogen-bond donors (Lipinski definition) is 0. The summed E-state index contributed by atoms with van der Waals surface area (Å²) in [5, 5.41) is 2.14. The highest BCUT2D eigenvalue weighted by Gasteiger charge is 2.39.